The number of hydrogen-bond donors (Lipinski definition) is 2. The average molecular weight is 303 g/mol. The number of fused-ring (bicyclic) bond motifs is 1. The van der Waals surface area contributed by atoms with Crippen molar-refractivity contribution in [1.29, 1.82) is 0 Å². The van der Waals surface area contributed by atoms with Crippen LogP contribution in [0.5, 0.6) is 0 Å². The van der Waals surface area contributed by atoms with Gasteiger partial charge in [0.05, 0.1) is 21.3 Å². The molecule has 2 N–H and O–H groups in total. The Morgan fingerprint density at radius 3 is 3.19 bits per heavy atom. The van der Waals surface area contributed by atoms with Gasteiger partial charge in [0.15, 0.2) is 0 Å². The molecule has 1 aliphatic rings. The fraction of sp³-hybridized carbons (Fsp3) is 0.500. The molecule has 0 saturated carbocycles. The third-order valence-corrected chi connectivity index (χ3v) is 5.10. The van der Waals surface area contributed by atoms with Crippen molar-refractivity contribution in [2.75, 3.05) is 11.9 Å². The first-order valence-corrected chi connectivity index (χ1v) is 8.39. The highest BCUT2D eigenvalue weighted by atomic mass is 32.1. The smallest absolute Gasteiger partial charge is 0.241 e. The molecule has 5 heteroatoms. The molecule has 21 heavy (non-hydrogen) atoms. The largest absolute Gasteiger partial charge is 0.325 e. The number of benzene rings is 1. The molecule has 2 unspecified atom stereocenters. The number of nitrogens with zero attached hydrogens (tertiary/aromatic N) is 1. The number of nitrogens with one attached hydrogen (secondary N) is 2. The van der Waals surface area contributed by atoms with Gasteiger partial charge >= 0.3 is 0 Å². The van der Waals surface area contributed by atoms with Gasteiger partial charge in [0.2, 0.25) is 5.91 Å². The minimum Gasteiger partial charge on any atom is -0.325 e. The maximum Gasteiger partial charge on any atom is 0.241 e. The first kappa shape index (κ1) is 14.5. The Balaban J connectivity index is 1.70. The maximum absolute atomic E-state index is 12.4. The molecule has 0 radical (unpaired) electrons. The molecule has 1 aliphatic heterocycles. The third-order valence-electron chi connectivity index (χ3n) is 4.17. The van der Waals surface area contributed by atoms with Gasteiger partial charge in [-0.25, -0.2) is 4.98 Å². The van der Waals surface area contributed by atoms with Crippen LogP contribution in [0.1, 0.15) is 31.2 Å². The standard InChI is InChI=1S/C16H21N3OS/c1-3-11-6-7-17-14(8-11)16(20)19-12-4-5-13-15(9-12)21-10(2)18-13/h4-5,9,11,14,17H,3,6-8H2,1-2H3,(H,19,20). The Morgan fingerprint density at radius 1 is 1.52 bits per heavy atom. The van der Waals surface area contributed by atoms with E-state index in [4.69, 9.17) is 0 Å². The molecule has 0 bridgehead atoms. The van der Waals surface area contributed by atoms with Gasteiger partial charge in [-0.3, -0.25) is 4.79 Å². The summed E-state index contributed by atoms with van der Waals surface area (Å²) in [5.74, 6) is 0.738. The lowest BCUT2D eigenvalue weighted by molar-refractivity contribution is -0.119. The molecule has 4 nitrogen and oxygen atoms in total. The van der Waals surface area contributed by atoms with Gasteiger partial charge in [-0.2, -0.15) is 0 Å². The molecular weight excluding hydrogens is 282 g/mol. The monoisotopic (exact) mass is 303 g/mol. The molecule has 2 heterocycles. The van der Waals surface area contributed by atoms with Gasteiger partial charge in [-0.05, 0) is 50.4 Å². The second-order valence-corrected chi connectivity index (χ2v) is 6.94. The number of amides is 1. The zero-order valence-corrected chi connectivity index (χ0v) is 13.3. The zero-order valence-electron chi connectivity index (χ0n) is 12.5. The lowest BCUT2D eigenvalue weighted by atomic mass is 9.90. The topological polar surface area (TPSA) is 54.0 Å². The van der Waals surface area contributed by atoms with Crippen molar-refractivity contribution in [2.24, 2.45) is 5.92 Å². The highest BCUT2D eigenvalue weighted by molar-refractivity contribution is 7.18. The van der Waals surface area contributed by atoms with Crippen LogP contribution in [-0.4, -0.2) is 23.5 Å². The van der Waals surface area contributed by atoms with Crippen LogP contribution in [0.4, 0.5) is 5.69 Å². The number of carbonyl (C=O) groups is 1. The van der Waals surface area contributed by atoms with E-state index in [1.165, 1.54) is 6.42 Å². The first-order valence-electron chi connectivity index (χ1n) is 7.57. The molecule has 0 spiro atoms. The van der Waals surface area contributed by atoms with E-state index in [1.54, 1.807) is 11.3 Å². The van der Waals surface area contributed by atoms with Gasteiger partial charge in [0.1, 0.15) is 0 Å². The summed E-state index contributed by atoms with van der Waals surface area (Å²) < 4.78 is 1.12. The average Bonchev–Trinajstić information content (AvgIpc) is 2.86. The van der Waals surface area contributed by atoms with Crippen LogP contribution in [0.25, 0.3) is 10.2 Å². The predicted molar refractivity (Wildman–Crippen MR) is 87.8 cm³/mol. The number of hydrogen-bond acceptors (Lipinski definition) is 4. The van der Waals surface area contributed by atoms with Crippen molar-refractivity contribution in [3.8, 4) is 0 Å². The Bertz CT molecular complexity index is 652. The maximum atomic E-state index is 12.4. The summed E-state index contributed by atoms with van der Waals surface area (Å²) >= 11 is 1.65. The molecule has 1 aromatic carbocycles. The molecule has 1 amide bonds. The molecular formula is C16H21N3OS. The van der Waals surface area contributed by atoms with E-state index >= 15 is 0 Å². The molecule has 2 aromatic rings. The first-order chi connectivity index (χ1) is 10.2. The van der Waals surface area contributed by atoms with Crippen molar-refractivity contribution >= 4 is 33.1 Å². The normalized spacial score (nSPS) is 22.4. The number of thiazole rings is 1. The second kappa shape index (κ2) is 6.12. The van der Waals surface area contributed by atoms with Gasteiger partial charge in [-0.15, -0.1) is 11.3 Å². The van der Waals surface area contributed by atoms with Crippen molar-refractivity contribution in [2.45, 2.75) is 39.2 Å². The van der Waals surface area contributed by atoms with Crippen molar-refractivity contribution in [3.63, 3.8) is 0 Å². The van der Waals surface area contributed by atoms with E-state index < -0.39 is 0 Å². The summed E-state index contributed by atoms with van der Waals surface area (Å²) in [6, 6.07) is 5.84. The molecule has 0 aliphatic carbocycles. The van der Waals surface area contributed by atoms with E-state index in [1.807, 2.05) is 25.1 Å². The van der Waals surface area contributed by atoms with Crippen molar-refractivity contribution < 1.29 is 4.79 Å². The zero-order chi connectivity index (χ0) is 14.8. The number of aromatic nitrogens is 1. The quantitative estimate of drug-likeness (QED) is 0.914. The van der Waals surface area contributed by atoms with Crippen LogP contribution in [0.3, 0.4) is 0 Å². The van der Waals surface area contributed by atoms with Crippen LogP contribution in [-0.2, 0) is 4.79 Å². The molecule has 112 valence electrons. The summed E-state index contributed by atoms with van der Waals surface area (Å²) in [5, 5.41) is 7.41. The lowest BCUT2D eigenvalue weighted by Gasteiger charge is -2.28. The van der Waals surface area contributed by atoms with E-state index in [-0.39, 0.29) is 11.9 Å². The molecule has 1 saturated heterocycles. The van der Waals surface area contributed by atoms with Gasteiger partial charge in [-0.1, -0.05) is 13.3 Å². The minimum absolute atomic E-state index is 0.0670. The molecule has 1 fully saturated rings. The number of anilines is 1. The number of piperidine rings is 1. The number of aryl methyl sites for hydroxylation is 1. The van der Waals surface area contributed by atoms with Gasteiger partial charge in [0, 0.05) is 5.69 Å². The minimum atomic E-state index is -0.0670. The van der Waals surface area contributed by atoms with E-state index in [9.17, 15) is 4.79 Å². The summed E-state index contributed by atoms with van der Waals surface area (Å²) in [7, 11) is 0. The summed E-state index contributed by atoms with van der Waals surface area (Å²) in [6.45, 7) is 5.13. The summed E-state index contributed by atoms with van der Waals surface area (Å²) in [4.78, 5) is 16.8. The number of rotatable bonds is 3. The van der Waals surface area contributed by atoms with Crippen molar-refractivity contribution in [1.82, 2.24) is 10.3 Å². The fourth-order valence-electron chi connectivity index (χ4n) is 2.91. The highest BCUT2D eigenvalue weighted by Gasteiger charge is 2.25. The van der Waals surface area contributed by atoms with Gasteiger partial charge < -0.3 is 10.6 Å². The SMILES string of the molecule is CCC1CCNC(C(=O)Nc2ccc3nc(C)sc3c2)C1. The van der Waals surface area contributed by atoms with Crippen LogP contribution >= 0.6 is 11.3 Å². The van der Waals surface area contributed by atoms with Crippen LogP contribution in [0.15, 0.2) is 18.2 Å². The van der Waals surface area contributed by atoms with E-state index in [0.29, 0.717) is 5.92 Å². The Morgan fingerprint density at radius 2 is 2.38 bits per heavy atom. The lowest BCUT2D eigenvalue weighted by Crippen LogP contribution is -2.46. The molecule has 2 atom stereocenters. The highest BCUT2D eigenvalue weighted by Crippen LogP contribution is 2.25. The van der Waals surface area contributed by atoms with Crippen LogP contribution in [0, 0.1) is 12.8 Å². The van der Waals surface area contributed by atoms with Gasteiger partial charge in [0.25, 0.3) is 0 Å². The van der Waals surface area contributed by atoms with E-state index in [2.05, 4.69) is 22.5 Å². The van der Waals surface area contributed by atoms with E-state index in [0.717, 1.165) is 40.3 Å². The van der Waals surface area contributed by atoms with Crippen LogP contribution < -0.4 is 10.6 Å². The summed E-state index contributed by atoms with van der Waals surface area (Å²) in [5.41, 5.74) is 1.86. The Hall–Kier alpha value is -1.46. The van der Waals surface area contributed by atoms with Crippen LogP contribution in [0.2, 0.25) is 0 Å². The predicted octanol–water partition coefficient (Wildman–Crippen LogP) is 3.32. The number of carbonyl (C=O) groups excluding carboxylic acids is 1. The fourth-order valence-corrected chi connectivity index (χ4v) is 3.78. The molecule has 3 rings (SSSR count). The third kappa shape index (κ3) is 3.24. The Kier molecular flexibility index (Phi) is 4.22. The second-order valence-electron chi connectivity index (χ2n) is 5.71. The summed E-state index contributed by atoms with van der Waals surface area (Å²) in [6.07, 6.45) is 3.26. The Labute approximate surface area is 129 Å². The molecule has 1 aromatic heterocycles. The van der Waals surface area contributed by atoms with Crippen molar-refractivity contribution in [3.05, 3.63) is 23.2 Å².